The quantitative estimate of drug-likeness (QED) is 0.295. The van der Waals surface area contributed by atoms with Gasteiger partial charge in [-0.25, -0.2) is 4.68 Å². The number of nitrogens with zero attached hydrogens (tertiary/aromatic N) is 3. The van der Waals surface area contributed by atoms with E-state index in [0.29, 0.717) is 47.8 Å². The molecule has 0 radical (unpaired) electrons. The molecular formula is C32H43N3O4. The first kappa shape index (κ1) is 26.5. The minimum Gasteiger partial charge on any atom is -0.487 e. The summed E-state index contributed by atoms with van der Waals surface area (Å²) in [6, 6.07) is 7.50. The van der Waals surface area contributed by atoms with E-state index in [2.05, 4.69) is 42.0 Å². The number of benzene rings is 1. The van der Waals surface area contributed by atoms with Crippen molar-refractivity contribution in [2.45, 2.75) is 98.1 Å². The summed E-state index contributed by atoms with van der Waals surface area (Å²) in [5.74, 6) is 1.71. The average molecular weight is 534 g/mol. The zero-order chi connectivity index (χ0) is 27.5. The fourth-order valence-corrected chi connectivity index (χ4v) is 10.1. The van der Waals surface area contributed by atoms with Gasteiger partial charge in [0.05, 0.1) is 24.3 Å². The van der Waals surface area contributed by atoms with Crippen LogP contribution < -0.4 is 4.74 Å². The molecule has 0 amide bonds. The Morgan fingerprint density at radius 2 is 1.95 bits per heavy atom. The van der Waals surface area contributed by atoms with Gasteiger partial charge < -0.3 is 9.47 Å². The molecule has 39 heavy (non-hydrogen) atoms. The third-order valence-electron chi connectivity index (χ3n) is 11.6. The number of fused-ring (bicyclic) bond motifs is 3. The van der Waals surface area contributed by atoms with Gasteiger partial charge in [-0.1, -0.05) is 37.6 Å². The van der Waals surface area contributed by atoms with Crippen molar-refractivity contribution in [3.63, 3.8) is 0 Å². The average Bonchev–Trinajstić information content (AvgIpc) is 3.46. The normalized spacial score (nSPS) is 38.9. The van der Waals surface area contributed by atoms with Crippen molar-refractivity contribution in [1.82, 2.24) is 15.0 Å². The Morgan fingerprint density at radius 3 is 2.74 bits per heavy atom. The van der Waals surface area contributed by atoms with Gasteiger partial charge in [-0.2, -0.15) is 0 Å². The van der Waals surface area contributed by atoms with E-state index in [9.17, 15) is 9.59 Å². The number of rotatable bonds is 7. The molecule has 0 N–H and O–H groups in total. The summed E-state index contributed by atoms with van der Waals surface area (Å²) in [5.41, 5.74) is 1.70. The molecule has 1 aromatic carbocycles. The predicted molar refractivity (Wildman–Crippen MR) is 147 cm³/mol. The minimum absolute atomic E-state index is 0.0251. The molecule has 1 spiro atoms. The predicted octanol–water partition coefficient (Wildman–Crippen LogP) is 6.58. The lowest BCUT2D eigenvalue weighted by molar-refractivity contribution is -0.187. The lowest BCUT2D eigenvalue weighted by Gasteiger charge is -2.64. The first-order valence-corrected chi connectivity index (χ1v) is 14.9. The van der Waals surface area contributed by atoms with E-state index in [-0.39, 0.29) is 22.2 Å². The highest BCUT2D eigenvalue weighted by molar-refractivity contribution is 5.77. The third kappa shape index (κ3) is 4.13. The smallest absolute Gasteiger partial charge is 0.312 e. The van der Waals surface area contributed by atoms with Crippen molar-refractivity contribution in [3.8, 4) is 5.75 Å². The fourth-order valence-electron chi connectivity index (χ4n) is 10.1. The number of aromatic nitrogens is 3. The van der Waals surface area contributed by atoms with E-state index in [1.807, 2.05) is 19.1 Å². The number of carbonyl (C=O) groups is 2. The van der Waals surface area contributed by atoms with Gasteiger partial charge in [0.25, 0.3) is 0 Å². The van der Waals surface area contributed by atoms with E-state index in [0.717, 1.165) is 37.7 Å². The Bertz CT molecular complexity index is 1260. The van der Waals surface area contributed by atoms with Crippen molar-refractivity contribution in [2.24, 2.45) is 33.5 Å². The van der Waals surface area contributed by atoms with Crippen molar-refractivity contribution in [3.05, 3.63) is 41.7 Å². The standard InChI is InChI=1S/C32H43N3O4/c1-5-38-28(37)31(4)13-7-12-30(3)25(31)11-15-32-17-27(29(2,21-32)14-10-26(30)32)35-18-23(33-34-35)20-39-24-9-6-8-22(16-24)19-36/h6,8-9,16,18-19,25-27H,5,7,10-15,17,20-21H2,1-4H3/t25-,26-,27-,29-,30+,31+,32-/m0/s1. The van der Waals surface area contributed by atoms with Crippen molar-refractivity contribution < 1.29 is 19.1 Å². The van der Waals surface area contributed by atoms with E-state index < -0.39 is 0 Å². The molecule has 210 valence electrons. The highest BCUT2D eigenvalue weighted by Crippen LogP contribution is 2.75. The van der Waals surface area contributed by atoms with Crippen LogP contribution in [0.2, 0.25) is 0 Å². The van der Waals surface area contributed by atoms with E-state index in [1.54, 1.807) is 12.1 Å². The van der Waals surface area contributed by atoms with Gasteiger partial charge in [0.1, 0.15) is 24.3 Å². The molecule has 2 bridgehead atoms. The molecule has 4 fully saturated rings. The van der Waals surface area contributed by atoms with Crippen LogP contribution in [0.1, 0.15) is 108 Å². The maximum absolute atomic E-state index is 13.2. The molecule has 1 aromatic heterocycles. The monoisotopic (exact) mass is 533 g/mol. The summed E-state index contributed by atoms with van der Waals surface area (Å²) in [5, 5.41) is 9.09. The molecule has 1 heterocycles. The Labute approximate surface area is 232 Å². The number of hydrogen-bond donors (Lipinski definition) is 0. The van der Waals surface area contributed by atoms with Crippen LogP contribution in [0.5, 0.6) is 5.75 Å². The van der Waals surface area contributed by atoms with Crippen LogP contribution in [-0.4, -0.2) is 33.9 Å². The summed E-state index contributed by atoms with van der Waals surface area (Å²) in [4.78, 5) is 24.3. The van der Waals surface area contributed by atoms with Crippen LogP contribution in [-0.2, 0) is 16.1 Å². The van der Waals surface area contributed by atoms with Crippen molar-refractivity contribution >= 4 is 12.3 Å². The molecule has 4 saturated carbocycles. The molecule has 0 saturated heterocycles. The molecule has 4 aliphatic rings. The van der Waals surface area contributed by atoms with Crippen LogP contribution in [0.3, 0.4) is 0 Å². The number of ether oxygens (including phenoxy) is 2. The number of esters is 1. The number of carbonyl (C=O) groups excluding carboxylic acids is 2. The highest BCUT2D eigenvalue weighted by atomic mass is 16.5. The molecule has 0 aliphatic heterocycles. The first-order valence-electron chi connectivity index (χ1n) is 14.9. The Hall–Kier alpha value is -2.70. The molecule has 6 rings (SSSR count). The Morgan fingerprint density at radius 1 is 1.13 bits per heavy atom. The number of aldehydes is 1. The van der Waals surface area contributed by atoms with Gasteiger partial charge in [0.2, 0.25) is 0 Å². The highest BCUT2D eigenvalue weighted by Gasteiger charge is 2.68. The van der Waals surface area contributed by atoms with Crippen molar-refractivity contribution in [2.75, 3.05) is 6.61 Å². The van der Waals surface area contributed by atoms with Gasteiger partial charge in [0.15, 0.2) is 0 Å². The first-order chi connectivity index (χ1) is 18.7. The minimum atomic E-state index is -0.366. The third-order valence-corrected chi connectivity index (χ3v) is 11.6. The zero-order valence-electron chi connectivity index (χ0n) is 23.9. The van der Waals surface area contributed by atoms with Gasteiger partial charge in [-0.15, -0.1) is 5.10 Å². The summed E-state index contributed by atoms with van der Waals surface area (Å²) in [6.45, 7) is 9.88. The molecule has 7 atom stereocenters. The second kappa shape index (κ2) is 9.45. The summed E-state index contributed by atoms with van der Waals surface area (Å²) in [6.07, 6.45) is 13.3. The second-order valence-corrected chi connectivity index (χ2v) is 13.8. The van der Waals surface area contributed by atoms with Crippen LogP contribution in [0.15, 0.2) is 30.5 Å². The van der Waals surface area contributed by atoms with Crippen LogP contribution in [0.4, 0.5) is 0 Å². The molecular weight excluding hydrogens is 490 g/mol. The summed E-state index contributed by atoms with van der Waals surface area (Å²) < 4.78 is 13.7. The van der Waals surface area contributed by atoms with Crippen LogP contribution in [0, 0.1) is 33.5 Å². The van der Waals surface area contributed by atoms with Crippen LogP contribution in [0.25, 0.3) is 0 Å². The summed E-state index contributed by atoms with van der Waals surface area (Å²) in [7, 11) is 0. The zero-order valence-corrected chi connectivity index (χ0v) is 23.9. The van der Waals surface area contributed by atoms with Gasteiger partial charge in [-0.3, -0.25) is 9.59 Å². The van der Waals surface area contributed by atoms with Gasteiger partial charge >= 0.3 is 5.97 Å². The molecule has 7 nitrogen and oxygen atoms in total. The van der Waals surface area contributed by atoms with E-state index in [1.165, 1.54) is 32.1 Å². The Balaban J connectivity index is 1.22. The Kier molecular flexibility index (Phi) is 6.42. The fraction of sp³-hybridized carbons (Fsp3) is 0.688. The van der Waals surface area contributed by atoms with E-state index >= 15 is 0 Å². The maximum atomic E-state index is 13.2. The molecule has 4 aliphatic carbocycles. The number of hydrogen-bond acceptors (Lipinski definition) is 6. The molecule has 0 unspecified atom stereocenters. The maximum Gasteiger partial charge on any atom is 0.312 e. The van der Waals surface area contributed by atoms with Gasteiger partial charge in [0, 0.05) is 5.56 Å². The van der Waals surface area contributed by atoms with Crippen LogP contribution >= 0.6 is 0 Å². The lowest BCUT2D eigenvalue weighted by atomic mass is 9.40. The molecule has 2 aromatic rings. The largest absolute Gasteiger partial charge is 0.487 e. The van der Waals surface area contributed by atoms with E-state index in [4.69, 9.17) is 9.47 Å². The molecule has 7 heteroatoms. The second-order valence-electron chi connectivity index (χ2n) is 13.8. The lowest BCUT2D eigenvalue weighted by Crippen LogP contribution is -2.58. The topological polar surface area (TPSA) is 83.3 Å². The van der Waals surface area contributed by atoms with Crippen molar-refractivity contribution in [1.29, 1.82) is 0 Å². The SMILES string of the molecule is CCOC(=O)[C@]1(C)CCC[C@@]2(C)[C@@H]3CC[C@@]4(C)C[C@]3(CC[C@@H]21)C[C@@H]4n1cc(COc2cccc(C=O)c2)nn1. The summed E-state index contributed by atoms with van der Waals surface area (Å²) >= 11 is 0. The van der Waals surface area contributed by atoms with Gasteiger partial charge in [-0.05, 0) is 105 Å².